The van der Waals surface area contributed by atoms with Crippen LogP contribution >= 0.6 is 0 Å². The molecule has 0 saturated heterocycles. The van der Waals surface area contributed by atoms with Gasteiger partial charge in [-0.2, -0.15) is 0 Å². The maximum Gasteiger partial charge on any atom is 0.160 e. The third-order valence-electron chi connectivity index (χ3n) is 4.42. The van der Waals surface area contributed by atoms with E-state index in [0.29, 0.717) is 6.61 Å². The van der Waals surface area contributed by atoms with Crippen LogP contribution in [0.4, 0.5) is 0 Å². The number of nitrogens with two attached hydrogens (primary N) is 1. The Bertz CT molecular complexity index is 451. The SMILES string of the molecule is CCOC1(c2ncc(C(C)N)c(C)n2)CCC(C)CC1. The van der Waals surface area contributed by atoms with Crippen LogP contribution in [-0.2, 0) is 10.3 Å². The van der Waals surface area contributed by atoms with E-state index in [-0.39, 0.29) is 11.6 Å². The molecule has 0 spiro atoms. The molecule has 0 aromatic carbocycles. The predicted octanol–water partition coefficient (Wildman–Crippen LogP) is 3.25. The first-order valence-electron chi connectivity index (χ1n) is 7.72. The highest BCUT2D eigenvalue weighted by molar-refractivity contribution is 5.21. The van der Waals surface area contributed by atoms with Gasteiger partial charge in [-0.3, -0.25) is 0 Å². The van der Waals surface area contributed by atoms with Gasteiger partial charge in [0.2, 0.25) is 0 Å². The summed E-state index contributed by atoms with van der Waals surface area (Å²) in [5.74, 6) is 1.61. The van der Waals surface area contributed by atoms with Gasteiger partial charge in [0.05, 0.1) is 0 Å². The van der Waals surface area contributed by atoms with E-state index in [4.69, 9.17) is 15.5 Å². The molecule has 0 aliphatic heterocycles. The third-order valence-corrected chi connectivity index (χ3v) is 4.42. The molecule has 1 atom stereocenters. The van der Waals surface area contributed by atoms with Crippen LogP contribution in [0.5, 0.6) is 0 Å². The van der Waals surface area contributed by atoms with Gasteiger partial charge >= 0.3 is 0 Å². The quantitative estimate of drug-likeness (QED) is 0.917. The molecule has 20 heavy (non-hydrogen) atoms. The Hall–Kier alpha value is -1.00. The zero-order valence-electron chi connectivity index (χ0n) is 13.1. The molecule has 1 aliphatic rings. The summed E-state index contributed by atoms with van der Waals surface area (Å²) >= 11 is 0. The Kier molecular flexibility index (Phi) is 4.76. The fourth-order valence-electron chi connectivity index (χ4n) is 3.08. The maximum atomic E-state index is 6.10. The molecule has 1 fully saturated rings. The van der Waals surface area contributed by atoms with Crippen molar-refractivity contribution in [2.75, 3.05) is 6.61 Å². The van der Waals surface area contributed by atoms with E-state index in [1.807, 2.05) is 27.0 Å². The second kappa shape index (κ2) is 6.19. The van der Waals surface area contributed by atoms with Crippen LogP contribution in [0, 0.1) is 12.8 Å². The number of ether oxygens (including phenoxy) is 1. The van der Waals surface area contributed by atoms with Crippen molar-refractivity contribution in [3.8, 4) is 0 Å². The van der Waals surface area contributed by atoms with Crippen LogP contribution in [0.25, 0.3) is 0 Å². The van der Waals surface area contributed by atoms with Gasteiger partial charge in [0, 0.05) is 30.1 Å². The standard InChI is InChI=1S/C16H27N3O/c1-5-20-16(8-6-11(2)7-9-16)15-18-10-14(12(3)17)13(4)19-15/h10-12H,5-9,17H2,1-4H3. The molecule has 0 bridgehead atoms. The van der Waals surface area contributed by atoms with E-state index in [1.165, 1.54) is 12.8 Å². The molecule has 112 valence electrons. The molecule has 0 amide bonds. The lowest BCUT2D eigenvalue weighted by Crippen LogP contribution is -2.36. The Morgan fingerprint density at radius 1 is 1.45 bits per heavy atom. The fraction of sp³-hybridized carbons (Fsp3) is 0.750. The Labute approximate surface area is 122 Å². The van der Waals surface area contributed by atoms with Gasteiger partial charge in [0.25, 0.3) is 0 Å². The molecule has 1 aromatic heterocycles. The molecule has 0 radical (unpaired) electrons. The summed E-state index contributed by atoms with van der Waals surface area (Å²) in [5, 5.41) is 0. The first kappa shape index (κ1) is 15.4. The van der Waals surface area contributed by atoms with E-state index in [0.717, 1.165) is 35.8 Å². The van der Waals surface area contributed by atoms with E-state index >= 15 is 0 Å². The molecule has 1 heterocycles. The minimum atomic E-state index is -0.289. The van der Waals surface area contributed by atoms with Crippen molar-refractivity contribution >= 4 is 0 Å². The van der Waals surface area contributed by atoms with Crippen molar-refractivity contribution < 1.29 is 4.74 Å². The van der Waals surface area contributed by atoms with Gasteiger partial charge in [-0.05, 0) is 52.4 Å². The van der Waals surface area contributed by atoms with Crippen LogP contribution in [0.3, 0.4) is 0 Å². The highest BCUT2D eigenvalue weighted by Crippen LogP contribution is 2.41. The van der Waals surface area contributed by atoms with E-state index in [2.05, 4.69) is 11.9 Å². The number of hydrogen-bond acceptors (Lipinski definition) is 4. The highest BCUT2D eigenvalue weighted by atomic mass is 16.5. The molecule has 2 rings (SSSR count). The Morgan fingerprint density at radius 3 is 2.60 bits per heavy atom. The van der Waals surface area contributed by atoms with Crippen LogP contribution in [-0.4, -0.2) is 16.6 Å². The summed E-state index contributed by atoms with van der Waals surface area (Å²) in [4.78, 5) is 9.30. The normalized spacial score (nSPS) is 28.4. The first-order chi connectivity index (χ1) is 9.48. The fourth-order valence-corrected chi connectivity index (χ4v) is 3.08. The summed E-state index contributed by atoms with van der Waals surface area (Å²) in [6.07, 6.45) is 6.26. The number of aryl methyl sites for hydroxylation is 1. The second-order valence-electron chi connectivity index (χ2n) is 6.13. The van der Waals surface area contributed by atoms with Crippen molar-refractivity contribution in [2.45, 2.75) is 65.0 Å². The van der Waals surface area contributed by atoms with Gasteiger partial charge in [-0.1, -0.05) is 6.92 Å². The maximum absolute atomic E-state index is 6.10. The van der Waals surface area contributed by atoms with Crippen LogP contribution in [0.1, 0.15) is 69.6 Å². The third kappa shape index (κ3) is 3.01. The number of rotatable bonds is 4. The molecule has 1 saturated carbocycles. The van der Waals surface area contributed by atoms with E-state index < -0.39 is 0 Å². The minimum absolute atomic E-state index is 0.0292. The van der Waals surface area contributed by atoms with Gasteiger partial charge < -0.3 is 10.5 Å². The van der Waals surface area contributed by atoms with Crippen molar-refractivity contribution in [2.24, 2.45) is 11.7 Å². The number of nitrogens with zero attached hydrogens (tertiary/aromatic N) is 2. The summed E-state index contributed by atoms with van der Waals surface area (Å²) in [6, 6.07) is -0.0292. The zero-order chi connectivity index (χ0) is 14.8. The minimum Gasteiger partial charge on any atom is -0.367 e. The lowest BCUT2D eigenvalue weighted by atomic mass is 9.78. The lowest BCUT2D eigenvalue weighted by molar-refractivity contribution is -0.0838. The van der Waals surface area contributed by atoms with E-state index in [9.17, 15) is 0 Å². The van der Waals surface area contributed by atoms with Gasteiger partial charge in [-0.15, -0.1) is 0 Å². The van der Waals surface area contributed by atoms with Crippen LogP contribution < -0.4 is 5.73 Å². The largest absolute Gasteiger partial charge is 0.367 e. The molecular formula is C16H27N3O. The average Bonchev–Trinajstić information content (AvgIpc) is 2.41. The molecule has 2 N–H and O–H groups in total. The van der Waals surface area contributed by atoms with Gasteiger partial charge in [0.15, 0.2) is 5.82 Å². The summed E-state index contributed by atoms with van der Waals surface area (Å²) < 4.78 is 6.10. The molecule has 4 nitrogen and oxygen atoms in total. The Morgan fingerprint density at radius 2 is 2.10 bits per heavy atom. The molecule has 1 unspecified atom stereocenters. The second-order valence-corrected chi connectivity index (χ2v) is 6.13. The van der Waals surface area contributed by atoms with E-state index in [1.54, 1.807) is 0 Å². The van der Waals surface area contributed by atoms with Crippen molar-refractivity contribution in [3.63, 3.8) is 0 Å². The zero-order valence-corrected chi connectivity index (χ0v) is 13.1. The number of aromatic nitrogens is 2. The first-order valence-corrected chi connectivity index (χ1v) is 7.72. The molecule has 1 aromatic rings. The van der Waals surface area contributed by atoms with Crippen LogP contribution in [0.2, 0.25) is 0 Å². The summed E-state index contributed by atoms with van der Waals surface area (Å²) in [6.45, 7) is 9.02. The highest BCUT2D eigenvalue weighted by Gasteiger charge is 2.39. The van der Waals surface area contributed by atoms with Gasteiger partial charge in [0.1, 0.15) is 5.60 Å². The van der Waals surface area contributed by atoms with Crippen LogP contribution in [0.15, 0.2) is 6.20 Å². The summed E-state index contributed by atoms with van der Waals surface area (Å²) in [7, 11) is 0. The van der Waals surface area contributed by atoms with Crippen molar-refractivity contribution in [3.05, 3.63) is 23.3 Å². The average molecular weight is 277 g/mol. The lowest BCUT2D eigenvalue weighted by Gasteiger charge is -2.38. The smallest absolute Gasteiger partial charge is 0.160 e. The van der Waals surface area contributed by atoms with Crippen molar-refractivity contribution in [1.29, 1.82) is 0 Å². The molecule has 4 heteroatoms. The number of hydrogen-bond donors (Lipinski definition) is 1. The monoisotopic (exact) mass is 277 g/mol. The topological polar surface area (TPSA) is 61.0 Å². The van der Waals surface area contributed by atoms with Crippen molar-refractivity contribution in [1.82, 2.24) is 9.97 Å². The predicted molar refractivity (Wildman–Crippen MR) is 80.3 cm³/mol. The molecule has 1 aliphatic carbocycles. The van der Waals surface area contributed by atoms with Gasteiger partial charge in [-0.25, -0.2) is 9.97 Å². The molecular weight excluding hydrogens is 250 g/mol. The summed E-state index contributed by atoms with van der Waals surface area (Å²) in [5.41, 5.74) is 7.65. The Balaban J connectivity index is 2.32.